The number of furan rings is 1. The van der Waals surface area contributed by atoms with E-state index >= 15 is 0 Å². The summed E-state index contributed by atoms with van der Waals surface area (Å²) in [5.41, 5.74) is 0.699. The first-order chi connectivity index (χ1) is 7.66. The smallest absolute Gasteiger partial charge is 0.291 e. The summed E-state index contributed by atoms with van der Waals surface area (Å²) in [4.78, 5) is 11.7. The van der Waals surface area contributed by atoms with Crippen LogP contribution in [0.2, 0.25) is 0 Å². The Bertz CT molecular complexity index is 509. The van der Waals surface area contributed by atoms with Gasteiger partial charge in [-0.1, -0.05) is 15.9 Å². The van der Waals surface area contributed by atoms with E-state index in [9.17, 15) is 4.79 Å². The van der Waals surface area contributed by atoms with Gasteiger partial charge in [0.2, 0.25) is 0 Å². The molecule has 0 bridgehead atoms. The Balaban J connectivity index is 2.18. The third-order valence-corrected chi connectivity index (χ3v) is 3.07. The maximum absolute atomic E-state index is 11.7. The highest BCUT2D eigenvalue weighted by Crippen LogP contribution is 2.26. The third kappa shape index (κ3) is 2.54. The number of carbonyl (C=O) groups is 1. The van der Waals surface area contributed by atoms with Gasteiger partial charge >= 0.3 is 0 Å². The van der Waals surface area contributed by atoms with Crippen molar-refractivity contribution in [1.82, 2.24) is 0 Å². The summed E-state index contributed by atoms with van der Waals surface area (Å²) in [6, 6.07) is 8.79. The Morgan fingerprint density at radius 2 is 2.06 bits per heavy atom. The number of nitrogens with one attached hydrogen (secondary N) is 1. The molecule has 0 saturated heterocycles. The summed E-state index contributed by atoms with van der Waals surface area (Å²) in [5, 5.41) is 2.74. The average molecular weight is 345 g/mol. The molecule has 0 aliphatic rings. The molecule has 0 unspecified atom stereocenters. The Kier molecular flexibility index (Phi) is 3.46. The van der Waals surface area contributed by atoms with Gasteiger partial charge < -0.3 is 9.73 Å². The van der Waals surface area contributed by atoms with Crippen LogP contribution in [0.1, 0.15) is 10.6 Å². The molecule has 0 atom stereocenters. The Hall–Kier alpha value is -1.07. The second kappa shape index (κ2) is 4.84. The van der Waals surface area contributed by atoms with E-state index in [1.807, 2.05) is 12.1 Å². The molecule has 0 aliphatic carbocycles. The number of amides is 1. The van der Waals surface area contributed by atoms with E-state index in [0.29, 0.717) is 5.69 Å². The van der Waals surface area contributed by atoms with Crippen LogP contribution in [-0.2, 0) is 0 Å². The normalized spacial score (nSPS) is 10.1. The highest BCUT2D eigenvalue weighted by molar-refractivity contribution is 9.11. The van der Waals surface area contributed by atoms with Crippen molar-refractivity contribution in [3.05, 3.63) is 51.3 Å². The molecule has 0 radical (unpaired) electrons. The molecule has 2 aromatic rings. The lowest BCUT2D eigenvalue weighted by atomic mass is 10.3. The maximum atomic E-state index is 11.7. The van der Waals surface area contributed by atoms with Gasteiger partial charge in [0.15, 0.2) is 5.76 Å². The Labute approximate surface area is 109 Å². The first-order valence-corrected chi connectivity index (χ1v) is 6.05. The summed E-state index contributed by atoms with van der Waals surface area (Å²) in [5.74, 6) is 0.0165. The second-order valence-corrected chi connectivity index (χ2v) is 4.83. The van der Waals surface area contributed by atoms with E-state index in [4.69, 9.17) is 4.42 Å². The molecule has 1 amide bonds. The van der Waals surface area contributed by atoms with Crippen LogP contribution in [0.25, 0.3) is 0 Å². The monoisotopic (exact) mass is 343 g/mol. The summed E-state index contributed by atoms with van der Waals surface area (Å²) in [6.07, 6.45) is 1.46. The van der Waals surface area contributed by atoms with Crippen LogP contribution in [-0.4, -0.2) is 5.91 Å². The molecule has 82 valence electrons. The van der Waals surface area contributed by atoms with Crippen molar-refractivity contribution in [2.24, 2.45) is 0 Å². The molecule has 1 N–H and O–H groups in total. The van der Waals surface area contributed by atoms with Gasteiger partial charge in [-0.25, -0.2) is 0 Å². The first kappa shape index (κ1) is 11.4. The fourth-order valence-corrected chi connectivity index (χ4v) is 2.33. The van der Waals surface area contributed by atoms with Crippen LogP contribution in [0.4, 0.5) is 5.69 Å². The fourth-order valence-electron chi connectivity index (χ4n) is 1.18. The fraction of sp³-hybridized carbons (Fsp3) is 0. The molecule has 16 heavy (non-hydrogen) atoms. The van der Waals surface area contributed by atoms with E-state index in [-0.39, 0.29) is 11.7 Å². The molecule has 1 aromatic heterocycles. The topological polar surface area (TPSA) is 42.2 Å². The van der Waals surface area contributed by atoms with Crippen LogP contribution in [0.5, 0.6) is 0 Å². The van der Waals surface area contributed by atoms with Crippen molar-refractivity contribution < 1.29 is 9.21 Å². The minimum absolute atomic E-state index is 0.270. The largest absolute Gasteiger partial charge is 0.459 e. The minimum atomic E-state index is -0.270. The zero-order valence-electron chi connectivity index (χ0n) is 8.04. The van der Waals surface area contributed by atoms with Crippen molar-refractivity contribution in [1.29, 1.82) is 0 Å². The third-order valence-electron chi connectivity index (χ3n) is 1.92. The Morgan fingerprint density at radius 1 is 1.25 bits per heavy atom. The van der Waals surface area contributed by atoms with Crippen molar-refractivity contribution >= 4 is 43.5 Å². The van der Waals surface area contributed by atoms with Gasteiger partial charge in [0.1, 0.15) is 0 Å². The highest BCUT2D eigenvalue weighted by Gasteiger charge is 2.10. The summed E-state index contributed by atoms with van der Waals surface area (Å²) >= 11 is 6.70. The van der Waals surface area contributed by atoms with Crippen LogP contribution >= 0.6 is 31.9 Å². The molecule has 2 rings (SSSR count). The van der Waals surface area contributed by atoms with Gasteiger partial charge in [0.25, 0.3) is 5.91 Å². The molecule has 1 aromatic carbocycles. The van der Waals surface area contributed by atoms with Gasteiger partial charge in [-0.3, -0.25) is 4.79 Å². The van der Waals surface area contributed by atoms with E-state index in [2.05, 4.69) is 37.2 Å². The van der Waals surface area contributed by atoms with E-state index in [1.165, 1.54) is 6.26 Å². The van der Waals surface area contributed by atoms with Gasteiger partial charge in [-0.15, -0.1) is 0 Å². The van der Waals surface area contributed by atoms with E-state index < -0.39 is 0 Å². The van der Waals surface area contributed by atoms with Crippen LogP contribution in [0.3, 0.4) is 0 Å². The van der Waals surface area contributed by atoms with Crippen molar-refractivity contribution in [3.8, 4) is 0 Å². The molecule has 0 aliphatic heterocycles. The number of hydrogen-bond acceptors (Lipinski definition) is 2. The zero-order chi connectivity index (χ0) is 11.5. The Morgan fingerprint density at radius 3 is 2.69 bits per heavy atom. The predicted molar refractivity (Wildman–Crippen MR) is 68.5 cm³/mol. The maximum Gasteiger partial charge on any atom is 0.291 e. The number of benzene rings is 1. The lowest BCUT2D eigenvalue weighted by Gasteiger charge is -2.05. The molecule has 0 saturated carbocycles. The van der Waals surface area contributed by atoms with Gasteiger partial charge in [-0.2, -0.15) is 0 Å². The summed E-state index contributed by atoms with van der Waals surface area (Å²) in [6.45, 7) is 0. The van der Waals surface area contributed by atoms with Crippen LogP contribution in [0.15, 0.2) is 50.0 Å². The zero-order valence-corrected chi connectivity index (χ0v) is 11.2. The number of rotatable bonds is 2. The molecule has 3 nitrogen and oxygen atoms in total. The number of halogens is 2. The standard InChI is InChI=1S/C11H7Br2NO2/c12-7-3-4-9(8(13)6-7)14-11(15)10-2-1-5-16-10/h1-6H,(H,14,15). The van der Waals surface area contributed by atoms with E-state index in [0.717, 1.165) is 8.95 Å². The van der Waals surface area contributed by atoms with Crippen molar-refractivity contribution in [2.45, 2.75) is 0 Å². The summed E-state index contributed by atoms with van der Waals surface area (Å²) in [7, 11) is 0. The lowest BCUT2D eigenvalue weighted by molar-refractivity contribution is 0.0996. The minimum Gasteiger partial charge on any atom is -0.459 e. The number of anilines is 1. The SMILES string of the molecule is O=C(Nc1ccc(Br)cc1Br)c1ccco1. The molecule has 1 heterocycles. The van der Waals surface area contributed by atoms with Crippen molar-refractivity contribution in [2.75, 3.05) is 5.32 Å². The lowest BCUT2D eigenvalue weighted by Crippen LogP contribution is -2.11. The number of hydrogen-bond donors (Lipinski definition) is 1. The van der Waals surface area contributed by atoms with Crippen molar-refractivity contribution in [3.63, 3.8) is 0 Å². The quantitative estimate of drug-likeness (QED) is 0.892. The molecular weight excluding hydrogens is 338 g/mol. The second-order valence-electron chi connectivity index (χ2n) is 3.06. The van der Waals surface area contributed by atoms with Gasteiger partial charge in [0, 0.05) is 8.95 Å². The average Bonchev–Trinajstić information content (AvgIpc) is 2.75. The molecule has 5 heteroatoms. The van der Waals surface area contributed by atoms with Crippen LogP contribution in [0, 0.1) is 0 Å². The first-order valence-electron chi connectivity index (χ1n) is 4.47. The van der Waals surface area contributed by atoms with E-state index in [1.54, 1.807) is 18.2 Å². The van der Waals surface area contributed by atoms with Gasteiger partial charge in [0.05, 0.1) is 12.0 Å². The van der Waals surface area contributed by atoms with Gasteiger partial charge in [-0.05, 0) is 46.3 Å². The number of carbonyl (C=O) groups excluding carboxylic acids is 1. The predicted octanol–water partition coefficient (Wildman–Crippen LogP) is 4.06. The molecule has 0 fully saturated rings. The van der Waals surface area contributed by atoms with Crippen LogP contribution < -0.4 is 5.32 Å². The molecular formula is C11H7Br2NO2. The molecule has 0 spiro atoms. The highest BCUT2D eigenvalue weighted by atomic mass is 79.9. The summed E-state index contributed by atoms with van der Waals surface area (Å²) < 4.78 is 6.74.